The number of halogens is 3. The van der Waals surface area contributed by atoms with Crippen LogP contribution in [0.4, 0.5) is 22.0 Å². The molecule has 2 aliphatic rings. The number of imidazole rings is 1. The summed E-state index contributed by atoms with van der Waals surface area (Å²) in [5, 5.41) is 16.8. The number of benzene rings is 1. The molecule has 0 radical (unpaired) electrons. The first kappa shape index (κ1) is 25.9. The second kappa shape index (κ2) is 10.2. The molecule has 0 bridgehead atoms. The van der Waals surface area contributed by atoms with E-state index in [4.69, 9.17) is 38.9 Å². The van der Waals surface area contributed by atoms with Crippen LogP contribution in [-0.2, 0) is 4.79 Å². The molecule has 5 rings (SSSR count). The number of aliphatic hydroxyl groups excluding tert-OH is 1. The van der Waals surface area contributed by atoms with E-state index in [-0.39, 0.29) is 34.1 Å². The summed E-state index contributed by atoms with van der Waals surface area (Å²) >= 11 is 12.6. The lowest BCUT2D eigenvalue weighted by Crippen LogP contribution is -2.38. The summed E-state index contributed by atoms with van der Waals surface area (Å²) in [5.41, 5.74) is 6.62. The maximum atomic E-state index is 13.8. The molecule has 2 aromatic heterocycles. The van der Waals surface area contributed by atoms with E-state index in [0.29, 0.717) is 60.9 Å². The number of rotatable bonds is 6. The van der Waals surface area contributed by atoms with Gasteiger partial charge >= 0.3 is 0 Å². The van der Waals surface area contributed by atoms with Crippen LogP contribution >= 0.6 is 23.2 Å². The first-order chi connectivity index (χ1) is 17.6. The van der Waals surface area contributed by atoms with Gasteiger partial charge in [0.2, 0.25) is 17.8 Å². The molecule has 2 aliphatic carbocycles. The number of primary amides is 1. The second-order valence-corrected chi connectivity index (χ2v) is 11.2. The maximum Gasteiger partial charge on any atom is 0.224 e. The Bertz CT molecular complexity index is 1300. The smallest absolute Gasteiger partial charge is 0.224 e. The van der Waals surface area contributed by atoms with Gasteiger partial charge in [0.15, 0.2) is 5.65 Å². The predicted molar refractivity (Wildman–Crippen MR) is 142 cm³/mol. The van der Waals surface area contributed by atoms with E-state index in [0.717, 1.165) is 19.3 Å². The Hall–Kier alpha value is -2.69. The molecule has 5 N–H and O–H groups in total. The topological polar surface area (TPSA) is 131 Å². The van der Waals surface area contributed by atoms with Crippen molar-refractivity contribution in [1.29, 1.82) is 0 Å². The maximum absolute atomic E-state index is 13.8. The molecular formula is C25H30Cl2FN7O2. The Morgan fingerprint density at radius 2 is 1.89 bits per heavy atom. The van der Waals surface area contributed by atoms with Gasteiger partial charge in [0, 0.05) is 17.5 Å². The average molecular weight is 550 g/mol. The van der Waals surface area contributed by atoms with Crippen molar-refractivity contribution in [3.63, 3.8) is 0 Å². The van der Waals surface area contributed by atoms with Crippen molar-refractivity contribution in [2.24, 2.45) is 11.1 Å². The van der Waals surface area contributed by atoms with E-state index < -0.39 is 11.2 Å². The molecule has 2 heterocycles. The summed E-state index contributed by atoms with van der Waals surface area (Å²) in [6, 6.07) is 2.42. The molecule has 2 atom stereocenters. The van der Waals surface area contributed by atoms with Gasteiger partial charge in [0.1, 0.15) is 11.3 Å². The average Bonchev–Trinajstić information content (AvgIpc) is 3.19. The summed E-state index contributed by atoms with van der Waals surface area (Å²) in [4.78, 5) is 26.0. The number of hydrogen-bond acceptors (Lipinski definition) is 7. The molecule has 2 saturated carbocycles. The van der Waals surface area contributed by atoms with Gasteiger partial charge in [-0.15, -0.1) is 0 Å². The van der Waals surface area contributed by atoms with Crippen molar-refractivity contribution < 1.29 is 14.3 Å². The zero-order valence-electron chi connectivity index (χ0n) is 20.5. The molecule has 1 aromatic carbocycles. The molecule has 12 heteroatoms. The summed E-state index contributed by atoms with van der Waals surface area (Å²) < 4.78 is 15.8. The molecule has 2 unspecified atom stereocenters. The van der Waals surface area contributed by atoms with Gasteiger partial charge in [0.25, 0.3) is 0 Å². The monoisotopic (exact) mass is 549 g/mol. The highest BCUT2D eigenvalue weighted by atomic mass is 35.5. The standard InChI is InChI=1S/C25H30Cl2FN7O2/c1-25(22(29)37)7-5-15(6-8-25)35-21-19(12-30-23(34-21)31-14-3-2-4-16(36)11-14)32-24(35)33-20-17(26)9-13(28)10-18(20)27/h9-10,12,14-16,36H,2-8,11H2,1H3,(H2,29,37)(H,32,33)(H,30,31,34). The van der Waals surface area contributed by atoms with Crippen molar-refractivity contribution in [1.82, 2.24) is 19.5 Å². The number of hydrogen-bond donors (Lipinski definition) is 4. The predicted octanol–water partition coefficient (Wildman–Crippen LogP) is 5.34. The third kappa shape index (κ3) is 5.32. The van der Waals surface area contributed by atoms with E-state index in [1.54, 1.807) is 6.20 Å². The third-order valence-electron chi connectivity index (χ3n) is 7.67. The minimum atomic E-state index is -0.562. The first-order valence-electron chi connectivity index (χ1n) is 12.5. The number of nitrogens with two attached hydrogens (primary N) is 1. The molecule has 1 amide bonds. The fourth-order valence-corrected chi connectivity index (χ4v) is 5.94. The minimum Gasteiger partial charge on any atom is -0.393 e. The third-order valence-corrected chi connectivity index (χ3v) is 8.27. The Morgan fingerprint density at radius 3 is 2.54 bits per heavy atom. The lowest BCUT2D eigenvalue weighted by Gasteiger charge is -2.35. The van der Waals surface area contributed by atoms with E-state index >= 15 is 0 Å². The lowest BCUT2D eigenvalue weighted by molar-refractivity contribution is -0.128. The zero-order valence-corrected chi connectivity index (χ0v) is 22.0. The number of aliphatic hydroxyl groups is 1. The van der Waals surface area contributed by atoms with Gasteiger partial charge in [-0.2, -0.15) is 4.98 Å². The highest BCUT2D eigenvalue weighted by Gasteiger charge is 2.38. The van der Waals surface area contributed by atoms with Gasteiger partial charge in [-0.1, -0.05) is 30.1 Å². The number of nitrogens with one attached hydrogen (secondary N) is 2. The van der Waals surface area contributed by atoms with Gasteiger partial charge in [-0.25, -0.2) is 14.4 Å². The fraction of sp³-hybridized carbons (Fsp3) is 0.520. The highest BCUT2D eigenvalue weighted by Crippen LogP contribution is 2.43. The normalized spacial score (nSPS) is 26.2. The molecule has 37 heavy (non-hydrogen) atoms. The molecule has 2 fully saturated rings. The number of nitrogens with zero attached hydrogens (tertiary/aromatic N) is 4. The van der Waals surface area contributed by atoms with Crippen LogP contribution < -0.4 is 16.4 Å². The van der Waals surface area contributed by atoms with E-state index in [9.17, 15) is 14.3 Å². The minimum absolute atomic E-state index is 0.0304. The number of carbonyl (C=O) groups is 1. The van der Waals surface area contributed by atoms with Crippen molar-refractivity contribution >= 4 is 57.9 Å². The first-order valence-corrected chi connectivity index (χ1v) is 13.3. The van der Waals surface area contributed by atoms with Crippen molar-refractivity contribution in [3.8, 4) is 0 Å². The van der Waals surface area contributed by atoms with Crippen molar-refractivity contribution in [3.05, 3.63) is 34.2 Å². The quantitative estimate of drug-likeness (QED) is 0.326. The molecule has 0 spiro atoms. The van der Waals surface area contributed by atoms with Gasteiger partial charge in [0.05, 0.1) is 28.0 Å². The molecule has 0 saturated heterocycles. The number of carbonyl (C=O) groups excluding carboxylic acids is 1. The van der Waals surface area contributed by atoms with Crippen LogP contribution in [0.25, 0.3) is 11.2 Å². The van der Waals surface area contributed by atoms with E-state index in [1.165, 1.54) is 12.1 Å². The lowest BCUT2D eigenvalue weighted by atomic mass is 9.73. The molecule has 198 valence electrons. The van der Waals surface area contributed by atoms with Crippen LogP contribution in [0.3, 0.4) is 0 Å². The Kier molecular flexibility index (Phi) is 7.17. The summed E-state index contributed by atoms with van der Waals surface area (Å²) in [6.07, 6.45) is 7.26. The zero-order chi connectivity index (χ0) is 26.3. The van der Waals surface area contributed by atoms with Crippen molar-refractivity contribution in [2.75, 3.05) is 10.6 Å². The fourth-order valence-electron chi connectivity index (χ4n) is 5.39. The van der Waals surface area contributed by atoms with Crippen LogP contribution in [0, 0.1) is 11.2 Å². The Morgan fingerprint density at radius 1 is 1.19 bits per heavy atom. The van der Waals surface area contributed by atoms with Crippen LogP contribution in [0.5, 0.6) is 0 Å². The second-order valence-electron chi connectivity index (χ2n) is 10.4. The molecule has 0 aliphatic heterocycles. The van der Waals surface area contributed by atoms with Crippen LogP contribution in [0.15, 0.2) is 18.3 Å². The summed E-state index contributed by atoms with van der Waals surface area (Å²) in [6.45, 7) is 1.90. The van der Waals surface area contributed by atoms with E-state index in [1.807, 2.05) is 11.5 Å². The number of amides is 1. The van der Waals surface area contributed by atoms with Crippen molar-refractivity contribution in [2.45, 2.75) is 76.5 Å². The molecular weight excluding hydrogens is 520 g/mol. The largest absolute Gasteiger partial charge is 0.393 e. The number of anilines is 3. The van der Waals surface area contributed by atoms with Gasteiger partial charge in [-0.05, 0) is 63.5 Å². The summed E-state index contributed by atoms with van der Waals surface area (Å²) in [7, 11) is 0. The Balaban J connectivity index is 1.52. The Labute approximate surface area is 224 Å². The summed E-state index contributed by atoms with van der Waals surface area (Å²) in [5.74, 6) is 0.0576. The van der Waals surface area contributed by atoms with Gasteiger partial charge < -0.3 is 21.5 Å². The van der Waals surface area contributed by atoms with Crippen LogP contribution in [-0.4, -0.2) is 42.7 Å². The highest BCUT2D eigenvalue weighted by molar-refractivity contribution is 6.39. The number of aromatic nitrogens is 4. The van der Waals surface area contributed by atoms with E-state index in [2.05, 4.69) is 15.6 Å². The van der Waals surface area contributed by atoms with Gasteiger partial charge in [-0.3, -0.25) is 9.36 Å². The molecule has 3 aromatic rings. The SMILES string of the molecule is CC1(C(N)=O)CCC(n2c(Nc3c(Cl)cc(F)cc3Cl)nc3cnc(NC4CCCC(O)C4)nc32)CC1. The number of fused-ring (bicyclic) bond motifs is 1. The van der Waals surface area contributed by atoms with Crippen LogP contribution in [0.2, 0.25) is 10.0 Å². The van der Waals surface area contributed by atoms with Crippen LogP contribution in [0.1, 0.15) is 64.3 Å². The molecule has 9 nitrogen and oxygen atoms in total.